The van der Waals surface area contributed by atoms with Crippen molar-refractivity contribution in [3.63, 3.8) is 0 Å². The first-order chi connectivity index (χ1) is 8.92. The van der Waals surface area contributed by atoms with Gasteiger partial charge in [0, 0.05) is 11.6 Å². The number of rotatable bonds is 5. The minimum Gasteiger partial charge on any atom is -0.344 e. The third-order valence-electron chi connectivity index (χ3n) is 2.98. The van der Waals surface area contributed by atoms with Crippen molar-refractivity contribution in [3.05, 3.63) is 17.0 Å². The van der Waals surface area contributed by atoms with Crippen molar-refractivity contribution in [1.29, 1.82) is 0 Å². The third-order valence-corrected chi connectivity index (χ3v) is 3.31. The molecule has 1 aliphatic carbocycles. The number of halogens is 4. The van der Waals surface area contributed by atoms with Gasteiger partial charge in [0.15, 0.2) is 0 Å². The van der Waals surface area contributed by atoms with E-state index in [-0.39, 0.29) is 11.2 Å². The first kappa shape index (κ1) is 14.4. The van der Waals surface area contributed by atoms with E-state index in [2.05, 4.69) is 9.97 Å². The predicted molar refractivity (Wildman–Crippen MR) is 67.5 cm³/mol. The smallest absolute Gasteiger partial charge is 0.344 e. The summed E-state index contributed by atoms with van der Waals surface area (Å²) in [5.74, 6) is 0.335. The number of hydrogen-bond donors (Lipinski definition) is 0. The van der Waals surface area contributed by atoms with E-state index in [9.17, 15) is 13.2 Å². The zero-order valence-electron chi connectivity index (χ0n) is 10.5. The van der Waals surface area contributed by atoms with Gasteiger partial charge in [-0.15, -0.1) is 0 Å². The van der Waals surface area contributed by atoms with Crippen LogP contribution in [0.25, 0.3) is 0 Å². The van der Waals surface area contributed by atoms with Crippen LogP contribution in [0.4, 0.5) is 19.0 Å². The molecule has 0 bridgehead atoms. The molecule has 0 spiro atoms. The molecule has 1 aromatic rings. The van der Waals surface area contributed by atoms with Gasteiger partial charge in [-0.25, -0.2) is 9.97 Å². The lowest BCUT2D eigenvalue weighted by Crippen LogP contribution is -2.37. The molecule has 1 aromatic heterocycles. The molecule has 0 radical (unpaired) electrons. The Kier molecular flexibility index (Phi) is 4.18. The predicted octanol–water partition coefficient (Wildman–Crippen LogP) is 3.61. The van der Waals surface area contributed by atoms with Gasteiger partial charge in [-0.1, -0.05) is 24.9 Å². The number of hydrogen-bond acceptors (Lipinski definition) is 3. The van der Waals surface area contributed by atoms with Gasteiger partial charge >= 0.3 is 6.18 Å². The minimum absolute atomic E-state index is 0.0804. The Morgan fingerprint density at radius 2 is 2.05 bits per heavy atom. The standard InChI is InChI=1S/C12H15ClF3N3/c1-2-3-9-10(13)17-7-18-11(9)19(8-4-5-8)6-12(14,15)16/h7-8H,2-6H2,1H3. The molecule has 0 N–H and O–H groups in total. The highest BCUT2D eigenvalue weighted by molar-refractivity contribution is 6.30. The summed E-state index contributed by atoms with van der Waals surface area (Å²) in [4.78, 5) is 9.22. The first-order valence-electron chi connectivity index (χ1n) is 6.25. The van der Waals surface area contributed by atoms with Crippen LogP contribution in [0, 0.1) is 0 Å². The molecule has 106 valence electrons. The van der Waals surface area contributed by atoms with Crippen molar-refractivity contribution in [2.24, 2.45) is 0 Å². The van der Waals surface area contributed by atoms with Crippen LogP contribution in [0.15, 0.2) is 6.33 Å². The monoisotopic (exact) mass is 293 g/mol. The normalized spacial score (nSPS) is 15.6. The largest absolute Gasteiger partial charge is 0.405 e. The molecule has 1 heterocycles. The molecule has 0 aliphatic heterocycles. The molecule has 0 saturated heterocycles. The molecule has 0 atom stereocenters. The third kappa shape index (κ3) is 3.72. The molecule has 0 amide bonds. The Labute approximate surface area is 114 Å². The molecule has 1 fully saturated rings. The van der Waals surface area contributed by atoms with E-state index in [1.165, 1.54) is 11.2 Å². The van der Waals surface area contributed by atoms with Crippen LogP contribution >= 0.6 is 11.6 Å². The Morgan fingerprint density at radius 1 is 1.37 bits per heavy atom. The lowest BCUT2D eigenvalue weighted by atomic mass is 10.1. The van der Waals surface area contributed by atoms with E-state index in [0.29, 0.717) is 17.8 Å². The van der Waals surface area contributed by atoms with E-state index in [4.69, 9.17) is 11.6 Å². The van der Waals surface area contributed by atoms with Crippen LogP contribution in [0.2, 0.25) is 5.15 Å². The number of anilines is 1. The summed E-state index contributed by atoms with van der Waals surface area (Å²) in [7, 11) is 0. The number of aromatic nitrogens is 2. The van der Waals surface area contributed by atoms with Crippen LogP contribution in [-0.2, 0) is 6.42 Å². The summed E-state index contributed by atoms with van der Waals surface area (Å²) in [5.41, 5.74) is 0.614. The lowest BCUT2D eigenvalue weighted by Gasteiger charge is -2.26. The zero-order valence-corrected chi connectivity index (χ0v) is 11.3. The maximum atomic E-state index is 12.7. The summed E-state index contributed by atoms with van der Waals surface area (Å²) >= 11 is 5.99. The molecule has 1 saturated carbocycles. The second-order valence-corrected chi connectivity index (χ2v) is 5.05. The van der Waals surface area contributed by atoms with Crippen LogP contribution in [0.5, 0.6) is 0 Å². The van der Waals surface area contributed by atoms with Crippen molar-refractivity contribution < 1.29 is 13.2 Å². The maximum Gasteiger partial charge on any atom is 0.405 e. The van der Waals surface area contributed by atoms with Gasteiger partial charge in [-0.3, -0.25) is 0 Å². The van der Waals surface area contributed by atoms with Gasteiger partial charge < -0.3 is 4.90 Å². The first-order valence-corrected chi connectivity index (χ1v) is 6.63. The highest BCUT2D eigenvalue weighted by Crippen LogP contribution is 2.36. The molecule has 1 aliphatic rings. The van der Waals surface area contributed by atoms with Gasteiger partial charge in [0.05, 0.1) is 0 Å². The van der Waals surface area contributed by atoms with Crippen LogP contribution in [0.3, 0.4) is 0 Å². The Bertz CT molecular complexity index is 446. The van der Waals surface area contributed by atoms with Gasteiger partial charge in [-0.05, 0) is 19.3 Å². The molecule has 3 nitrogen and oxygen atoms in total. The molecular formula is C12H15ClF3N3. The summed E-state index contributed by atoms with van der Waals surface area (Å²) in [6.45, 7) is 0.958. The molecule has 7 heteroatoms. The average molecular weight is 294 g/mol. The van der Waals surface area contributed by atoms with Gasteiger partial charge in [-0.2, -0.15) is 13.2 Å². The van der Waals surface area contributed by atoms with Gasteiger partial charge in [0.1, 0.15) is 23.8 Å². The van der Waals surface area contributed by atoms with Crippen LogP contribution in [0.1, 0.15) is 31.7 Å². The Hall–Kier alpha value is -1.04. The second kappa shape index (κ2) is 5.53. The highest BCUT2D eigenvalue weighted by Gasteiger charge is 2.39. The highest BCUT2D eigenvalue weighted by atomic mass is 35.5. The van der Waals surface area contributed by atoms with E-state index in [1.807, 2.05) is 6.92 Å². The van der Waals surface area contributed by atoms with E-state index in [0.717, 1.165) is 19.3 Å². The van der Waals surface area contributed by atoms with Crippen molar-refractivity contribution in [2.75, 3.05) is 11.4 Å². The number of alkyl halides is 3. The summed E-state index contributed by atoms with van der Waals surface area (Å²) in [5, 5.41) is 0.250. The van der Waals surface area contributed by atoms with Crippen molar-refractivity contribution in [2.45, 2.75) is 44.8 Å². The SMILES string of the molecule is CCCc1c(Cl)ncnc1N(CC(F)(F)F)C1CC1. The summed E-state index contributed by atoms with van der Waals surface area (Å²) in [6, 6.07) is -0.0804. The summed E-state index contributed by atoms with van der Waals surface area (Å²) in [6.07, 6.45) is -0.126. The minimum atomic E-state index is -4.25. The molecule has 19 heavy (non-hydrogen) atoms. The Balaban J connectivity index is 2.33. The van der Waals surface area contributed by atoms with Crippen molar-refractivity contribution >= 4 is 17.4 Å². The fraction of sp³-hybridized carbons (Fsp3) is 0.667. The molecule has 0 aromatic carbocycles. The van der Waals surface area contributed by atoms with Crippen LogP contribution in [-0.4, -0.2) is 28.7 Å². The van der Waals surface area contributed by atoms with Gasteiger partial charge in [0.25, 0.3) is 0 Å². The van der Waals surface area contributed by atoms with Gasteiger partial charge in [0.2, 0.25) is 0 Å². The molecular weight excluding hydrogens is 279 g/mol. The fourth-order valence-electron chi connectivity index (χ4n) is 2.05. The van der Waals surface area contributed by atoms with Crippen molar-refractivity contribution in [3.8, 4) is 0 Å². The fourth-order valence-corrected chi connectivity index (χ4v) is 2.27. The molecule has 2 rings (SSSR count). The van der Waals surface area contributed by atoms with Crippen molar-refractivity contribution in [1.82, 2.24) is 9.97 Å². The maximum absolute atomic E-state index is 12.7. The van der Waals surface area contributed by atoms with Crippen LogP contribution < -0.4 is 4.90 Å². The van der Waals surface area contributed by atoms with E-state index in [1.54, 1.807) is 0 Å². The zero-order chi connectivity index (χ0) is 14.0. The Morgan fingerprint density at radius 3 is 2.58 bits per heavy atom. The van der Waals surface area contributed by atoms with E-state index < -0.39 is 12.7 Å². The molecule has 0 unspecified atom stereocenters. The quantitative estimate of drug-likeness (QED) is 0.777. The summed E-state index contributed by atoms with van der Waals surface area (Å²) < 4.78 is 38.0. The number of nitrogens with zero attached hydrogens (tertiary/aromatic N) is 3. The van der Waals surface area contributed by atoms with E-state index >= 15 is 0 Å². The topological polar surface area (TPSA) is 29.0 Å². The lowest BCUT2D eigenvalue weighted by molar-refractivity contribution is -0.120. The second-order valence-electron chi connectivity index (χ2n) is 4.69. The average Bonchev–Trinajstić information content (AvgIpc) is 3.12.